The van der Waals surface area contributed by atoms with E-state index in [9.17, 15) is 21.6 Å². The minimum atomic E-state index is -4.09. The van der Waals surface area contributed by atoms with Crippen molar-refractivity contribution in [2.24, 2.45) is 5.14 Å². The molecule has 0 amide bonds. The third kappa shape index (κ3) is 6.37. The molecule has 10 heteroatoms. The first kappa shape index (κ1) is 29.3. The van der Waals surface area contributed by atoms with Crippen LogP contribution < -0.4 is 5.14 Å². The third-order valence-corrected chi connectivity index (χ3v) is 10.0. The standard InChI is InChI=1S/C31H29F3N2O3S2/c32-28-18-30(34)29(33)16-22(28)20-39-21-26-17-27(19-36(26)41(35,37)38)40-31(23-10-4-1-5-11-23,24-12-6-2-7-13-24)25-14-8-3-9-15-25/h1-16,18,26-27H,17,19-21H2,(H2,35,37,38)/t26-,27+/m0/s1. The van der Waals surface area contributed by atoms with Crippen LogP contribution in [0.1, 0.15) is 28.7 Å². The third-order valence-electron chi connectivity index (χ3n) is 7.19. The van der Waals surface area contributed by atoms with Crippen LogP contribution in [-0.2, 0) is 26.3 Å². The highest BCUT2D eigenvalue weighted by Gasteiger charge is 2.45. The van der Waals surface area contributed by atoms with E-state index in [0.29, 0.717) is 12.5 Å². The first-order chi connectivity index (χ1) is 19.7. The van der Waals surface area contributed by atoms with Crippen LogP contribution in [0.4, 0.5) is 13.2 Å². The first-order valence-electron chi connectivity index (χ1n) is 13.0. The highest BCUT2D eigenvalue weighted by atomic mass is 32.2. The predicted octanol–water partition coefficient (Wildman–Crippen LogP) is 5.99. The summed E-state index contributed by atoms with van der Waals surface area (Å²) in [6, 6.07) is 30.7. The van der Waals surface area contributed by atoms with Crippen LogP contribution in [0.3, 0.4) is 0 Å². The highest BCUT2D eigenvalue weighted by molar-refractivity contribution is 8.01. The average molecular weight is 599 g/mol. The zero-order chi connectivity index (χ0) is 29.0. The first-order valence-corrected chi connectivity index (χ1v) is 15.4. The summed E-state index contributed by atoms with van der Waals surface area (Å²) >= 11 is 1.65. The van der Waals surface area contributed by atoms with E-state index in [1.807, 2.05) is 54.6 Å². The molecule has 2 N–H and O–H groups in total. The van der Waals surface area contributed by atoms with Crippen molar-refractivity contribution in [3.05, 3.63) is 143 Å². The monoisotopic (exact) mass is 598 g/mol. The zero-order valence-electron chi connectivity index (χ0n) is 22.0. The molecule has 0 spiro atoms. The molecule has 1 aliphatic heterocycles. The van der Waals surface area contributed by atoms with Crippen LogP contribution in [0, 0.1) is 17.5 Å². The van der Waals surface area contributed by atoms with Crippen molar-refractivity contribution in [2.75, 3.05) is 13.2 Å². The van der Waals surface area contributed by atoms with Crippen molar-refractivity contribution in [1.82, 2.24) is 4.31 Å². The van der Waals surface area contributed by atoms with E-state index in [2.05, 4.69) is 36.4 Å². The minimum absolute atomic E-state index is 0.0963. The van der Waals surface area contributed by atoms with Crippen LogP contribution in [-0.4, -0.2) is 37.2 Å². The Labute approximate surface area is 242 Å². The molecule has 41 heavy (non-hydrogen) atoms. The second-order valence-corrected chi connectivity index (χ2v) is 12.9. The van der Waals surface area contributed by atoms with E-state index >= 15 is 0 Å². The second-order valence-electron chi connectivity index (χ2n) is 9.90. The Balaban J connectivity index is 1.45. The van der Waals surface area contributed by atoms with Crippen LogP contribution in [0.2, 0.25) is 0 Å². The van der Waals surface area contributed by atoms with E-state index in [4.69, 9.17) is 9.88 Å². The number of hydrogen-bond donors (Lipinski definition) is 1. The molecule has 4 aromatic rings. The maximum Gasteiger partial charge on any atom is 0.277 e. The molecule has 1 aliphatic rings. The maximum absolute atomic E-state index is 14.1. The van der Waals surface area contributed by atoms with Crippen molar-refractivity contribution >= 4 is 22.0 Å². The van der Waals surface area contributed by atoms with Crippen LogP contribution in [0.15, 0.2) is 103 Å². The summed E-state index contributed by atoms with van der Waals surface area (Å²) < 4.78 is 72.5. The van der Waals surface area contributed by atoms with Gasteiger partial charge < -0.3 is 4.74 Å². The zero-order valence-corrected chi connectivity index (χ0v) is 23.6. The molecule has 5 rings (SSSR count). The van der Waals surface area contributed by atoms with Crippen molar-refractivity contribution in [3.8, 4) is 0 Å². The molecule has 1 fully saturated rings. The van der Waals surface area contributed by atoms with Crippen molar-refractivity contribution in [3.63, 3.8) is 0 Å². The molecule has 0 saturated carbocycles. The maximum atomic E-state index is 14.1. The summed E-state index contributed by atoms with van der Waals surface area (Å²) in [7, 11) is -4.09. The molecule has 0 unspecified atom stereocenters. The summed E-state index contributed by atoms with van der Waals surface area (Å²) in [5, 5.41) is 5.42. The summed E-state index contributed by atoms with van der Waals surface area (Å²) in [6.45, 7) is -0.302. The van der Waals surface area contributed by atoms with Gasteiger partial charge in [-0.15, -0.1) is 11.8 Å². The number of hydrogen-bond acceptors (Lipinski definition) is 4. The van der Waals surface area contributed by atoms with Gasteiger partial charge in [-0.05, 0) is 29.2 Å². The molecule has 1 heterocycles. The summed E-state index contributed by atoms with van der Waals surface area (Å²) in [5.41, 5.74) is 2.96. The lowest BCUT2D eigenvalue weighted by molar-refractivity contribution is 0.0852. The lowest BCUT2D eigenvalue weighted by atomic mass is 9.84. The largest absolute Gasteiger partial charge is 0.375 e. The Bertz CT molecular complexity index is 1480. The van der Waals surface area contributed by atoms with E-state index < -0.39 is 38.4 Å². The molecular formula is C31H29F3N2O3S2. The fourth-order valence-corrected chi connectivity index (χ4v) is 8.26. The number of thioether (sulfide) groups is 1. The Morgan fingerprint density at radius 1 is 0.805 bits per heavy atom. The summed E-state index contributed by atoms with van der Waals surface area (Å²) in [4.78, 5) is 0. The topological polar surface area (TPSA) is 72.6 Å². The van der Waals surface area contributed by atoms with Gasteiger partial charge in [-0.2, -0.15) is 12.7 Å². The van der Waals surface area contributed by atoms with Gasteiger partial charge >= 0.3 is 0 Å². The van der Waals surface area contributed by atoms with Gasteiger partial charge in [0.05, 0.1) is 24.0 Å². The lowest BCUT2D eigenvalue weighted by Crippen LogP contribution is -2.42. The van der Waals surface area contributed by atoms with Gasteiger partial charge in [-0.3, -0.25) is 0 Å². The predicted molar refractivity (Wildman–Crippen MR) is 155 cm³/mol. The van der Waals surface area contributed by atoms with Gasteiger partial charge in [0, 0.05) is 23.4 Å². The molecule has 0 bridgehead atoms. The highest BCUT2D eigenvalue weighted by Crippen LogP contribution is 2.52. The number of nitrogens with two attached hydrogens (primary N) is 1. The SMILES string of the molecule is NS(=O)(=O)N1C[C@H](SC(c2ccccc2)(c2ccccc2)c2ccccc2)C[C@H]1COCc1cc(F)c(F)cc1F. The van der Waals surface area contributed by atoms with Crippen LogP contribution in [0.5, 0.6) is 0 Å². The van der Waals surface area contributed by atoms with Gasteiger partial charge in [0.2, 0.25) is 0 Å². The lowest BCUT2D eigenvalue weighted by Gasteiger charge is -2.37. The van der Waals surface area contributed by atoms with Crippen LogP contribution in [0.25, 0.3) is 0 Å². The molecule has 214 valence electrons. The summed E-state index contributed by atoms with van der Waals surface area (Å²) in [5.74, 6) is -3.42. The van der Waals surface area contributed by atoms with E-state index in [1.54, 1.807) is 11.8 Å². The van der Waals surface area contributed by atoms with E-state index in [1.165, 1.54) is 4.31 Å². The molecule has 1 saturated heterocycles. The Hall–Kier alpha value is -3.15. The fraction of sp³-hybridized carbons (Fsp3) is 0.226. The number of rotatable bonds is 10. The molecule has 0 aliphatic carbocycles. The van der Waals surface area contributed by atoms with Crippen molar-refractivity contribution in [2.45, 2.75) is 29.1 Å². The molecule has 0 aromatic heterocycles. The number of halogens is 3. The molecule has 4 aromatic carbocycles. The number of benzene rings is 4. The van der Waals surface area contributed by atoms with E-state index in [-0.39, 0.29) is 30.6 Å². The smallest absolute Gasteiger partial charge is 0.277 e. The molecule has 0 radical (unpaired) electrons. The van der Waals surface area contributed by atoms with E-state index in [0.717, 1.165) is 22.8 Å². The quantitative estimate of drug-likeness (QED) is 0.180. The molecule has 5 nitrogen and oxygen atoms in total. The average Bonchev–Trinajstić information content (AvgIpc) is 3.39. The Morgan fingerprint density at radius 3 is 1.78 bits per heavy atom. The van der Waals surface area contributed by atoms with Crippen molar-refractivity contribution < 1.29 is 26.3 Å². The van der Waals surface area contributed by atoms with Crippen LogP contribution >= 0.6 is 11.8 Å². The normalized spacial score (nSPS) is 18.0. The molecule has 2 atom stereocenters. The fourth-order valence-electron chi connectivity index (χ4n) is 5.35. The second kappa shape index (κ2) is 12.4. The number of nitrogens with zero attached hydrogens (tertiary/aromatic N) is 1. The van der Waals surface area contributed by atoms with Gasteiger partial charge in [0.25, 0.3) is 10.2 Å². The Morgan fingerprint density at radius 2 is 1.29 bits per heavy atom. The van der Waals surface area contributed by atoms with Gasteiger partial charge in [0.1, 0.15) is 5.82 Å². The number of ether oxygens (including phenoxy) is 1. The Kier molecular flexibility index (Phi) is 8.86. The van der Waals surface area contributed by atoms with Gasteiger partial charge in [-0.1, -0.05) is 91.0 Å². The summed E-state index contributed by atoms with van der Waals surface area (Å²) in [6.07, 6.45) is 0.412. The van der Waals surface area contributed by atoms with Gasteiger partial charge in [-0.25, -0.2) is 18.3 Å². The molecular weight excluding hydrogens is 569 g/mol. The minimum Gasteiger partial charge on any atom is -0.375 e. The van der Waals surface area contributed by atoms with Crippen molar-refractivity contribution in [1.29, 1.82) is 0 Å². The van der Waals surface area contributed by atoms with Gasteiger partial charge in [0.15, 0.2) is 11.6 Å².